The summed E-state index contributed by atoms with van der Waals surface area (Å²) in [5.41, 5.74) is -0.637. The Hall–Kier alpha value is -1.50. The van der Waals surface area contributed by atoms with Crippen molar-refractivity contribution < 1.29 is 8.78 Å². The molecule has 0 aromatic carbocycles. The highest BCUT2D eigenvalue weighted by atomic mass is 19.1. The molecular formula is C6H2F2N2. The molecule has 0 aliphatic carbocycles. The quantitative estimate of drug-likeness (QED) is 0.508. The van der Waals surface area contributed by atoms with Crippen LogP contribution >= 0.6 is 0 Å². The van der Waals surface area contributed by atoms with Crippen LogP contribution in [0.2, 0.25) is 0 Å². The molecule has 2 nitrogen and oxygen atoms in total. The van der Waals surface area contributed by atoms with Crippen LogP contribution in [0.1, 0.15) is 5.56 Å². The van der Waals surface area contributed by atoms with Crippen molar-refractivity contribution in [3.63, 3.8) is 0 Å². The number of halogens is 2. The molecule has 1 aromatic heterocycles. The summed E-state index contributed by atoms with van der Waals surface area (Å²) in [5.74, 6) is -1.95. The van der Waals surface area contributed by atoms with Gasteiger partial charge in [-0.15, -0.1) is 0 Å². The molecule has 0 bridgehead atoms. The van der Waals surface area contributed by atoms with Crippen LogP contribution < -0.4 is 0 Å². The number of pyridine rings is 1. The van der Waals surface area contributed by atoms with Gasteiger partial charge in [-0.2, -0.15) is 9.65 Å². The Morgan fingerprint density at radius 1 is 1.50 bits per heavy atom. The van der Waals surface area contributed by atoms with Crippen molar-refractivity contribution in [3.8, 4) is 6.07 Å². The third-order valence-electron chi connectivity index (χ3n) is 0.966. The van der Waals surface area contributed by atoms with Gasteiger partial charge in [0.15, 0.2) is 0 Å². The number of hydrogen-bond donors (Lipinski definition) is 0. The van der Waals surface area contributed by atoms with Crippen LogP contribution in [0.5, 0.6) is 0 Å². The maximum Gasteiger partial charge on any atom is 0.233 e. The fraction of sp³-hybridized carbons (Fsp3) is 0. The standard InChI is InChI=1S/C6H2F2N2/c7-5-1-2-10-6(8)4(5)3-9/h1-2H. The second-order valence-electron chi connectivity index (χ2n) is 1.57. The Balaban J connectivity index is 3.34. The van der Waals surface area contributed by atoms with E-state index in [2.05, 4.69) is 4.98 Å². The van der Waals surface area contributed by atoms with Gasteiger partial charge in [0.2, 0.25) is 5.95 Å². The van der Waals surface area contributed by atoms with Gasteiger partial charge in [-0.3, -0.25) is 0 Å². The van der Waals surface area contributed by atoms with Gasteiger partial charge in [-0.25, -0.2) is 9.37 Å². The van der Waals surface area contributed by atoms with E-state index in [0.717, 1.165) is 12.3 Å². The molecule has 1 rings (SSSR count). The van der Waals surface area contributed by atoms with Crippen LogP contribution in [-0.4, -0.2) is 4.98 Å². The second kappa shape index (κ2) is 2.40. The average molecular weight is 140 g/mol. The minimum atomic E-state index is -1.07. The van der Waals surface area contributed by atoms with Gasteiger partial charge >= 0.3 is 0 Å². The summed E-state index contributed by atoms with van der Waals surface area (Å²) in [6.07, 6.45) is 0.964. The molecule has 0 saturated heterocycles. The minimum Gasteiger partial charge on any atom is -0.227 e. The number of nitrogens with zero attached hydrogens (tertiary/aromatic N) is 2. The van der Waals surface area contributed by atoms with E-state index < -0.39 is 17.3 Å². The van der Waals surface area contributed by atoms with Crippen LogP contribution in [0, 0.1) is 23.1 Å². The smallest absolute Gasteiger partial charge is 0.227 e. The molecule has 1 heterocycles. The zero-order chi connectivity index (χ0) is 7.56. The van der Waals surface area contributed by atoms with Crippen molar-refractivity contribution in [3.05, 3.63) is 29.6 Å². The SMILES string of the molecule is N#Cc1c(F)ccnc1F. The molecule has 4 heteroatoms. The summed E-state index contributed by atoms with van der Waals surface area (Å²) in [7, 11) is 0. The average Bonchev–Trinajstić information content (AvgIpc) is 1.88. The van der Waals surface area contributed by atoms with E-state index in [1.807, 2.05) is 0 Å². The zero-order valence-corrected chi connectivity index (χ0v) is 4.81. The maximum absolute atomic E-state index is 12.3. The van der Waals surface area contributed by atoms with E-state index in [9.17, 15) is 8.78 Å². The molecule has 1 aromatic rings. The molecule has 0 spiro atoms. The monoisotopic (exact) mass is 140 g/mol. The Bertz CT molecular complexity index is 270. The molecule has 50 valence electrons. The first kappa shape index (κ1) is 6.62. The zero-order valence-electron chi connectivity index (χ0n) is 4.81. The summed E-state index contributed by atoms with van der Waals surface area (Å²) in [6, 6.07) is 2.28. The molecular weight excluding hydrogens is 138 g/mol. The van der Waals surface area contributed by atoms with Gasteiger partial charge in [0.1, 0.15) is 17.4 Å². The molecule has 0 N–H and O–H groups in total. The lowest BCUT2D eigenvalue weighted by atomic mass is 10.3. The number of nitriles is 1. The van der Waals surface area contributed by atoms with Crippen molar-refractivity contribution >= 4 is 0 Å². The number of rotatable bonds is 0. The van der Waals surface area contributed by atoms with Gasteiger partial charge < -0.3 is 0 Å². The van der Waals surface area contributed by atoms with E-state index in [1.54, 1.807) is 0 Å². The number of aromatic nitrogens is 1. The molecule has 0 aliphatic rings. The molecule has 0 fully saturated rings. The lowest BCUT2D eigenvalue weighted by Crippen LogP contribution is -1.91. The summed E-state index contributed by atoms with van der Waals surface area (Å²) in [5, 5.41) is 8.13. The second-order valence-corrected chi connectivity index (χ2v) is 1.57. The van der Waals surface area contributed by atoms with Crippen molar-refractivity contribution in [1.29, 1.82) is 5.26 Å². The molecule has 0 radical (unpaired) electrons. The van der Waals surface area contributed by atoms with Gasteiger partial charge in [0, 0.05) is 6.20 Å². The third kappa shape index (κ3) is 0.935. The summed E-state index contributed by atoms with van der Waals surface area (Å²) >= 11 is 0. The van der Waals surface area contributed by atoms with E-state index in [0.29, 0.717) is 0 Å². The van der Waals surface area contributed by atoms with E-state index >= 15 is 0 Å². The van der Waals surface area contributed by atoms with Gasteiger partial charge in [-0.1, -0.05) is 0 Å². The molecule has 0 amide bonds. The largest absolute Gasteiger partial charge is 0.233 e. The number of hydrogen-bond acceptors (Lipinski definition) is 2. The molecule has 10 heavy (non-hydrogen) atoms. The Morgan fingerprint density at radius 3 is 2.60 bits per heavy atom. The van der Waals surface area contributed by atoms with Gasteiger partial charge in [-0.05, 0) is 6.07 Å². The van der Waals surface area contributed by atoms with Crippen LogP contribution in [0.15, 0.2) is 12.3 Å². The van der Waals surface area contributed by atoms with Crippen molar-refractivity contribution in [2.75, 3.05) is 0 Å². The lowest BCUT2D eigenvalue weighted by Gasteiger charge is -1.90. The van der Waals surface area contributed by atoms with E-state index in [4.69, 9.17) is 5.26 Å². The first-order chi connectivity index (χ1) is 4.75. The Kier molecular flexibility index (Phi) is 1.59. The van der Waals surface area contributed by atoms with E-state index in [1.165, 1.54) is 6.07 Å². The fourth-order valence-electron chi connectivity index (χ4n) is 0.514. The van der Waals surface area contributed by atoms with Crippen LogP contribution in [0.3, 0.4) is 0 Å². The summed E-state index contributed by atoms with van der Waals surface area (Å²) in [4.78, 5) is 3.08. The summed E-state index contributed by atoms with van der Waals surface area (Å²) in [6.45, 7) is 0. The van der Waals surface area contributed by atoms with E-state index in [-0.39, 0.29) is 0 Å². The van der Waals surface area contributed by atoms with Gasteiger partial charge in [0.05, 0.1) is 0 Å². The molecule has 0 atom stereocenters. The highest BCUT2D eigenvalue weighted by Gasteiger charge is 2.06. The normalized spacial score (nSPS) is 8.90. The predicted octanol–water partition coefficient (Wildman–Crippen LogP) is 1.23. The Labute approximate surface area is 55.7 Å². The van der Waals surface area contributed by atoms with Crippen molar-refractivity contribution in [1.82, 2.24) is 4.98 Å². The van der Waals surface area contributed by atoms with Crippen LogP contribution in [-0.2, 0) is 0 Å². The predicted molar refractivity (Wildman–Crippen MR) is 28.9 cm³/mol. The maximum atomic E-state index is 12.3. The highest BCUT2D eigenvalue weighted by Crippen LogP contribution is 2.06. The minimum absolute atomic E-state index is 0.637. The Morgan fingerprint density at radius 2 is 2.20 bits per heavy atom. The third-order valence-corrected chi connectivity index (χ3v) is 0.966. The lowest BCUT2D eigenvalue weighted by molar-refractivity contribution is 0.546. The summed E-state index contributed by atoms with van der Waals surface area (Å²) < 4.78 is 24.6. The van der Waals surface area contributed by atoms with Gasteiger partial charge in [0.25, 0.3) is 0 Å². The topological polar surface area (TPSA) is 36.7 Å². The fourth-order valence-corrected chi connectivity index (χ4v) is 0.514. The first-order valence-electron chi connectivity index (χ1n) is 2.46. The van der Waals surface area contributed by atoms with Crippen molar-refractivity contribution in [2.45, 2.75) is 0 Å². The van der Waals surface area contributed by atoms with Crippen molar-refractivity contribution in [2.24, 2.45) is 0 Å². The van der Waals surface area contributed by atoms with Crippen LogP contribution in [0.25, 0.3) is 0 Å². The highest BCUT2D eigenvalue weighted by molar-refractivity contribution is 5.27. The molecule has 0 saturated carbocycles. The molecule has 0 unspecified atom stereocenters. The molecule has 0 aliphatic heterocycles. The van der Waals surface area contributed by atoms with Crippen LogP contribution in [0.4, 0.5) is 8.78 Å². The first-order valence-corrected chi connectivity index (χ1v) is 2.46.